The minimum atomic E-state index is 0.746. The molecule has 2 unspecified atom stereocenters. The van der Waals surface area contributed by atoms with Crippen LogP contribution in [0.2, 0.25) is 0 Å². The first-order valence-electron chi connectivity index (χ1n) is 6.17. The average molecular weight is 237 g/mol. The predicted molar refractivity (Wildman–Crippen MR) is 66.5 cm³/mol. The smallest absolute Gasteiger partial charge is 0.0794 e. The van der Waals surface area contributed by atoms with Crippen LogP contribution in [0.1, 0.15) is 30.6 Å². The van der Waals surface area contributed by atoms with Crippen LogP contribution in [0.25, 0.3) is 0 Å². The van der Waals surface area contributed by atoms with E-state index >= 15 is 0 Å². The lowest BCUT2D eigenvalue weighted by Crippen LogP contribution is -2.47. The van der Waals surface area contributed by atoms with Crippen molar-refractivity contribution in [3.05, 3.63) is 16.6 Å². The largest absolute Gasteiger partial charge is 0.317 e. The second kappa shape index (κ2) is 4.43. The zero-order valence-corrected chi connectivity index (χ0v) is 10.5. The predicted octanol–water partition coefficient (Wildman–Crippen LogP) is 1.86. The van der Waals surface area contributed by atoms with Crippen LogP contribution < -0.4 is 5.32 Å². The lowest BCUT2D eigenvalue weighted by Gasteiger charge is -2.38. The van der Waals surface area contributed by atoms with Crippen LogP contribution in [0.5, 0.6) is 0 Å². The van der Waals surface area contributed by atoms with Crippen molar-refractivity contribution in [2.24, 2.45) is 0 Å². The standard InChI is InChI=1S/C12H19N3S/c1-13-9-4-10-2-3-11(5-9)15(10)7-12-6-14-8-16-12/h6,8-11,13H,2-5,7H2,1H3. The van der Waals surface area contributed by atoms with E-state index in [1.165, 1.54) is 30.6 Å². The van der Waals surface area contributed by atoms with Crippen LogP contribution in [0, 0.1) is 0 Å². The summed E-state index contributed by atoms with van der Waals surface area (Å²) in [7, 11) is 2.10. The second-order valence-electron chi connectivity index (χ2n) is 4.98. The molecule has 2 aliphatic rings. The van der Waals surface area contributed by atoms with Gasteiger partial charge < -0.3 is 5.32 Å². The summed E-state index contributed by atoms with van der Waals surface area (Å²) in [6.45, 7) is 1.12. The molecule has 88 valence electrons. The number of nitrogens with one attached hydrogen (secondary N) is 1. The van der Waals surface area contributed by atoms with Crippen molar-refractivity contribution in [1.82, 2.24) is 15.2 Å². The monoisotopic (exact) mass is 237 g/mol. The number of piperidine rings is 1. The van der Waals surface area contributed by atoms with Crippen LogP contribution in [0.3, 0.4) is 0 Å². The van der Waals surface area contributed by atoms with Gasteiger partial charge in [-0.2, -0.15) is 0 Å². The van der Waals surface area contributed by atoms with E-state index in [9.17, 15) is 0 Å². The van der Waals surface area contributed by atoms with Gasteiger partial charge in [-0.25, -0.2) is 0 Å². The Hall–Kier alpha value is -0.450. The molecule has 0 aromatic carbocycles. The second-order valence-corrected chi connectivity index (χ2v) is 5.95. The highest BCUT2D eigenvalue weighted by Gasteiger charge is 2.40. The molecule has 0 saturated carbocycles. The van der Waals surface area contributed by atoms with Gasteiger partial charge in [0.1, 0.15) is 0 Å². The zero-order valence-electron chi connectivity index (χ0n) is 9.72. The Labute approximate surface area is 101 Å². The van der Waals surface area contributed by atoms with Crippen LogP contribution in [-0.2, 0) is 6.54 Å². The molecule has 0 spiro atoms. The molecule has 2 atom stereocenters. The summed E-state index contributed by atoms with van der Waals surface area (Å²) in [4.78, 5) is 8.29. The molecule has 1 aromatic heterocycles. The van der Waals surface area contributed by atoms with Crippen molar-refractivity contribution >= 4 is 11.3 Å². The third kappa shape index (κ3) is 1.90. The lowest BCUT2D eigenvalue weighted by atomic mass is 9.97. The van der Waals surface area contributed by atoms with Crippen molar-refractivity contribution in [1.29, 1.82) is 0 Å². The molecule has 1 aromatic rings. The van der Waals surface area contributed by atoms with Gasteiger partial charge in [0.25, 0.3) is 0 Å². The first-order chi connectivity index (χ1) is 7.86. The maximum atomic E-state index is 4.17. The summed E-state index contributed by atoms with van der Waals surface area (Å²) >= 11 is 1.79. The molecule has 3 nitrogen and oxygen atoms in total. The summed E-state index contributed by atoms with van der Waals surface area (Å²) in [5, 5.41) is 3.45. The van der Waals surface area contributed by atoms with E-state index in [-0.39, 0.29) is 0 Å². The van der Waals surface area contributed by atoms with Gasteiger partial charge in [0.15, 0.2) is 0 Å². The van der Waals surface area contributed by atoms with E-state index in [1.807, 2.05) is 11.7 Å². The summed E-state index contributed by atoms with van der Waals surface area (Å²) in [5.41, 5.74) is 1.94. The van der Waals surface area contributed by atoms with E-state index in [0.717, 1.165) is 24.7 Å². The number of aromatic nitrogens is 1. The van der Waals surface area contributed by atoms with Crippen molar-refractivity contribution in [3.8, 4) is 0 Å². The third-order valence-corrected chi connectivity index (χ3v) is 4.88. The quantitative estimate of drug-likeness (QED) is 0.869. The molecule has 2 bridgehead atoms. The SMILES string of the molecule is CNC1CC2CCC(C1)N2Cc1cncs1. The minimum absolute atomic E-state index is 0.746. The Morgan fingerprint density at radius 3 is 2.75 bits per heavy atom. The van der Waals surface area contributed by atoms with Crippen molar-refractivity contribution < 1.29 is 0 Å². The van der Waals surface area contributed by atoms with Gasteiger partial charge in [-0.1, -0.05) is 0 Å². The van der Waals surface area contributed by atoms with Crippen molar-refractivity contribution in [3.63, 3.8) is 0 Å². The summed E-state index contributed by atoms with van der Waals surface area (Å²) in [6.07, 6.45) is 7.45. The highest BCUT2D eigenvalue weighted by atomic mass is 32.1. The van der Waals surface area contributed by atoms with Gasteiger partial charge in [0.2, 0.25) is 0 Å². The molecular formula is C12H19N3S. The fraction of sp³-hybridized carbons (Fsp3) is 0.750. The maximum absolute atomic E-state index is 4.17. The van der Waals surface area contributed by atoms with Crippen LogP contribution in [0.4, 0.5) is 0 Å². The molecule has 0 amide bonds. The lowest BCUT2D eigenvalue weighted by molar-refractivity contribution is 0.113. The average Bonchev–Trinajstić information content (AvgIpc) is 2.87. The molecule has 0 aliphatic carbocycles. The van der Waals surface area contributed by atoms with Gasteiger partial charge >= 0.3 is 0 Å². The Morgan fingerprint density at radius 2 is 2.19 bits per heavy atom. The van der Waals surface area contributed by atoms with Crippen LogP contribution in [0.15, 0.2) is 11.7 Å². The molecule has 2 aliphatic heterocycles. The highest BCUT2D eigenvalue weighted by Crippen LogP contribution is 2.36. The number of thiazole rings is 1. The topological polar surface area (TPSA) is 28.2 Å². The van der Waals surface area contributed by atoms with E-state index < -0.39 is 0 Å². The van der Waals surface area contributed by atoms with E-state index in [0.29, 0.717) is 0 Å². The number of nitrogens with zero attached hydrogens (tertiary/aromatic N) is 2. The Morgan fingerprint density at radius 1 is 1.44 bits per heavy atom. The normalized spacial score (nSPS) is 34.4. The third-order valence-electron chi connectivity index (χ3n) is 4.11. The van der Waals surface area contributed by atoms with Gasteiger partial charge in [-0.05, 0) is 32.7 Å². The molecule has 2 saturated heterocycles. The van der Waals surface area contributed by atoms with Crippen LogP contribution in [-0.4, -0.2) is 35.1 Å². The number of fused-ring (bicyclic) bond motifs is 2. The van der Waals surface area contributed by atoms with Crippen LogP contribution >= 0.6 is 11.3 Å². The summed E-state index contributed by atoms with van der Waals surface area (Å²) < 4.78 is 0. The van der Waals surface area contributed by atoms with E-state index in [1.54, 1.807) is 11.3 Å². The minimum Gasteiger partial charge on any atom is -0.317 e. The zero-order chi connectivity index (χ0) is 11.0. The molecule has 1 N–H and O–H groups in total. The van der Waals surface area contributed by atoms with Crippen molar-refractivity contribution in [2.45, 2.75) is 50.4 Å². The first kappa shape index (κ1) is 10.7. The number of hydrogen-bond donors (Lipinski definition) is 1. The molecule has 16 heavy (non-hydrogen) atoms. The highest BCUT2D eigenvalue weighted by molar-refractivity contribution is 7.09. The Kier molecular flexibility index (Phi) is 2.96. The molecular weight excluding hydrogens is 218 g/mol. The summed E-state index contributed by atoms with van der Waals surface area (Å²) in [6, 6.07) is 2.35. The molecule has 0 radical (unpaired) electrons. The first-order valence-corrected chi connectivity index (χ1v) is 7.05. The maximum Gasteiger partial charge on any atom is 0.0794 e. The molecule has 3 rings (SSSR count). The number of rotatable bonds is 3. The molecule has 3 heterocycles. The van der Waals surface area contributed by atoms with Gasteiger partial charge in [0, 0.05) is 35.7 Å². The Bertz CT molecular complexity index is 324. The fourth-order valence-corrected chi connectivity index (χ4v) is 3.87. The summed E-state index contributed by atoms with van der Waals surface area (Å²) in [5.74, 6) is 0. The van der Waals surface area contributed by atoms with E-state index in [4.69, 9.17) is 0 Å². The van der Waals surface area contributed by atoms with Gasteiger partial charge in [-0.3, -0.25) is 9.88 Å². The molecule has 4 heteroatoms. The van der Waals surface area contributed by atoms with Gasteiger partial charge in [0.05, 0.1) is 5.51 Å². The van der Waals surface area contributed by atoms with Crippen molar-refractivity contribution in [2.75, 3.05) is 7.05 Å². The fourth-order valence-electron chi connectivity index (χ4n) is 3.27. The van der Waals surface area contributed by atoms with E-state index in [2.05, 4.69) is 22.2 Å². The van der Waals surface area contributed by atoms with Gasteiger partial charge in [-0.15, -0.1) is 11.3 Å². The Balaban J connectivity index is 1.69. The number of hydrogen-bond acceptors (Lipinski definition) is 4. The molecule has 2 fully saturated rings.